The monoisotopic (exact) mass is 336 g/mol. The number of hydrogen-bond donors (Lipinski definition) is 1. The van der Waals surface area contributed by atoms with E-state index in [1.807, 2.05) is 0 Å². The second-order valence-electron chi connectivity index (χ2n) is 5.52. The number of halogens is 1. The molecule has 0 aromatic carbocycles. The number of rotatable bonds is 4. The first-order chi connectivity index (χ1) is 6.87. The molecule has 1 N–H and O–H groups in total. The molecule has 0 aliphatic heterocycles. The summed E-state index contributed by atoms with van der Waals surface area (Å²) in [5.74, 6) is 3.86. The Balaban J connectivity index is 2.15. The molecule has 0 heterocycles. The molecule has 0 radical (unpaired) electrons. The maximum Gasteiger partial charge on any atom is 0.129 e. The van der Waals surface area contributed by atoms with Gasteiger partial charge in [-0.1, -0.05) is 42.2 Å². The molecule has 1 aliphatic carbocycles. The van der Waals surface area contributed by atoms with Crippen molar-refractivity contribution >= 4 is 30.7 Å². The highest BCUT2D eigenvalue weighted by Crippen LogP contribution is 2.54. The molecule has 0 bridgehead atoms. The Morgan fingerprint density at radius 2 is 2.13 bits per heavy atom. The van der Waals surface area contributed by atoms with Crippen LogP contribution in [0.1, 0.15) is 25.7 Å². The summed E-state index contributed by atoms with van der Waals surface area (Å²) >= 11 is 2.52. The minimum Gasteiger partial charge on any atom is -0.396 e. The van der Waals surface area contributed by atoms with E-state index >= 15 is 0 Å². The molecule has 1 rings (SSSR count). The Bertz CT molecular complexity index is 274. The third-order valence-electron chi connectivity index (χ3n) is 2.74. The third kappa shape index (κ3) is 4.88. The minimum absolute atomic E-state index is 0.365. The van der Waals surface area contributed by atoms with Crippen LogP contribution in [0.5, 0.6) is 0 Å². The van der Waals surface area contributed by atoms with Crippen LogP contribution in [0.2, 0.25) is 19.6 Å². The molecule has 0 amide bonds. The molecule has 86 valence electrons. The van der Waals surface area contributed by atoms with Gasteiger partial charge in [0.1, 0.15) is 8.07 Å². The number of aliphatic hydroxyl groups is 1. The summed E-state index contributed by atoms with van der Waals surface area (Å²) in [6, 6.07) is 0. The van der Waals surface area contributed by atoms with E-state index < -0.39 is 8.07 Å². The summed E-state index contributed by atoms with van der Waals surface area (Å²) in [7, 11) is -1.16. The number of hydrogen-bond acceptors (Lipinski definition) is 1. The molecule has 0 aromatic rings. The van der Waals surface area contributed by atoms with E-state index in [0.717, 1.165) is 6.42 Å². The fourth-order valence-electron chi connectivity index (χ4n) is 1.68. The van der Waals surface area contributed by atoms with Crippen LogP contribution >= 0.6 is 22.6 Å². The van der Waals surface area contributed by atoms with E-state index in [2.05, 4.69) is 53.7 Å². The Labute approximate surface area is 108 Å². The van der Waals surface area contributed by atoms with Gasteiger partial charge in [0.15, 0.2) is 0 Å². The Kier molecular flexibility index (Phi) is 4.69. The zero-order valence-electron chi connectivity index (χ0n) is 9.94. The van der Waals surface area contributed by atoms with E-state index in [1.165, 1.54) is 19.3 Å². The van der Waals surface area contributed by atoms with Crippen LogP contribution in [0.3, 0.4) is 0 Å². The lowest BCUT2D eigenvalue weighted by atomic mass is 10.1. The summed E-state index contributed by atoms with van der Waals surface area (Å²) in [5, 5.41) is 9.02. The summed E-state index contributed by atoms with van der Waals surface area (Å²) in [4.78, 5) is 0. The lowest BCUT2D eigenvalue weighted by Gasteiger charge is -2.06. The van der Waals surface area contributed by atoms with Gasteiger partial charge in [-0.15, -0.1) is 11.5 Å². The van der Waals surface area contributed by atoms with Gasteiger partial charge >= 0.3 is 0 Å². The zero-order valence-corrected chi connectivity index (χ0v) is 13.1. The predicted octanol–water partition coefficient (Wildman–Crippen LogP) is 3.22. The van der Waals surface area contributed by atoms with Crippen LogP contribution < -0.4 is 0 Å². The van der Waals surface area contributed by atoms with Crippen molar-refractivity contribution in [2.75, 3.05) is 6.61 Å². The van der Waals surface area contributed by atoms with E-state index in [0.29, 0.717) is 15.9 Å². The molecule has 0 aromatic heterocycles. The number of alkyl halides is 1. The molecule has 0 spiro atoms. The summed E-state index contributed by atoms with van der Waals surface area (Å²) in [6.07, 6.45) is 4.65. The smallest absolute Gasteiger partial charge is 0.129 e. The van der Waals surface area contributed by atoms with Crippen LogP contribution in [-0.2, 0) is 0 Å². The van der Waals surface area contributed by atoms with Crippen molar-refractivity contribution in [2.24, 2.45) is 5.92 Å². The molecule has 3 heteroatoms. The van der Waals surface area contributed by atoms with E-state index in [-0.39, 0.29) is 0 Å². The second kappa shape index (κ2) is 5.20. The normalized spacial score (nSPS) is 29.5. The van der Waals surface area contributed by atoms with Crippen molar-refractivity contribution < 1.29 is 5.11 Å². The average molecular weight is 336 g/mol. The largest absolute Gasteiger partial charge is 0.396 e. The van der Waals surface area contributed by atoms with E-state index in [1.54, 1.807) is 0 Å². The molecule has 0 saturated heterocycles. The van der Waals surface area contributed by atoms with Crippen molar-refractivity contribution in [1.29, 1.82) is 0 Å². The van der Waals surface area contributed by atoms with Crippen LogP contribution in [0, 0.1) is 17.4 Å². The summed E-state index contributed by atoms with van der Waals surface area (Å²) in [5.41, 5.74) is 3.39. The highest BCUT2D eigenvalue weighted by atomic mass is 127. The first-order valence-corrected chi connectivity index (χ1v) is 10.2. The summed E-state index contributed by atoms with van der Waals surface area (Å²) in [6.45, 7) is 7.21. The minimum atomic E-state index is -1.16. The average Bonchev–Trinajstić information content (AvgIpc) is 2.75. The third-order valence-corrected chi connectivity index (χ3v) is 5.52. The van der Waals surface area contributed by atoms with E-state index in [9.17, 15) is 0 Å². The molecular weight excluding hydrogens is 315 g/mol. The van der Waals surface area contributed by atoms with Crippen LogP contribution in [0.4, 0.5) is 0 Å². The zero-order chi connectivity index (χ0) is 11.5. The van der Waals surface area contributed by atoms with Crippen LogP contribution in [0.25, 0.3) is 0 Å². The Morgan fingerprint density at radius 1 is 1.47 bits per heavy atom. The number of aliphatic hydroxyl groups excluding tert-OH is 1. The quantitative estimate of drug-likeness (QED) is 0.275. The number of unbranched alkanes of at least 4 members (excludes halogenated alkanes) is 1. The Morgan fingerprint density at radius 3 is 2.60 bits per heavy atom. The van der Waals surface area contributed by atoms with Crippen molar-refractivity contribution in [3.05, 3.63) is 0 Å². The first-order valence-electron chi connectivity index (χ1n) is 5.67. The van der Waals surface area contributed by atoms with Crippen molar-refractivity contribution in [3.8, 4) is 11.5 Å². The van der Waals surface area contributed by atoms with Gasteiger partial charge in [-0.2, -0.15) is 0 Å². The molecule has 1 fully saturated rings. The maximum atomic E-state index is 9.02. The van der Waals surface area contributed by atoms with Gasteiger partial charge in [0.05, 0.1) is 0 Å². The molecule has 1 nitrogen and oxygen atoms in total. The molecule has 1 saturated carbocycles. The van der Waals surface area contributed by atoms with Crippen LogP contribution in [-0.4, -0.2) is 23.2 Å². The lowest BCUT2D eigenvalue weighted by molar-refractivity contribution is 0.271. The van der Waals surface area contributed by atoms with Gasteiger partial charge in [0, 0.05) is 16.4 Å². The SMILES string of the molecule is C[Si](C)(C)C#CCCC[C@]1(I)C[C@H]1CO. The van der Waals surface area contributed by atoms with Crippen molar-refractivity contribution in [2.45, 2.75) is 48.7 Å². The van der Waals surface area contributed by atoms with Crippen LogP contribution in [0.15, 0.2) is 0 Å². The fraction of sp³-hybridized carbons (Fsp3) is 0.833. The van der Waals surface area contributed by atoms with Gasteiger partial charge in [-0.3, -0.25) is 0 Å². The lowest BCUT2D eigenvalue weighted by Crippen LogP contribution is -2.16. The topological polar surface area (TPSA) is 20.2 Å². The highest BCUT2D eigenvalue weighted by molar-refractivity contribution is 14.1. The summed E-state index contributed by atoms with van der Waals surface area (Å²) < 4.78 is 0.410. The predicted molar refractivity (Wildman–Crippen MR) is 76.9 cm³/mol. The molecule has 2 atom stereocenters. The van der Waals surface area contributed by atoms with Crippen molar-refractivity contribution in [3.63, 3.8) is 0 Å². The highest BCUT2D eigenvalue weighted by Gasteiger charge is 2.50. The van der Waals surface area contributed by atoms with Crippen molar-refractivity contribution in [1.82, 2.24) is 0 Å². The van der Waals surface area contributed by atoms with E-state index in [4.69, 9.17) is 5.11 Å². The second-order valence-corrected chi connectivity index (χ2v) is 12.4. The van der Waals surface area contributed by atoms with Gasteiger partial charge in [-0.05, 0) is 25.2 Å². The van der Waals surface area contributed by atoms with Gasteiger partial charge < -0.3 is 5.11 Å². The van der Waals surface area contributed by atoms with Gasteiger partial charge in [-0.25, -0.2) is 0 Å². The first kappa shape index (κ1) is 13.5. The molecular formula is C12H21IOSi. The van der Waals surface area contributed by atoms with Gasteiger partial charge in [0.25, 0.3) is 0 Å². The molecule has 0 unspecified atom stereocenters. The molecule has 15 heavy (non-hydrogen) atoms. The Hall–Kier alpha value is 0.467. The van der Waals surface area contributed by atoms with Gasteiger partial charge in [0.2, 0.25) is 0 Å². The standard InChI is InChI=1S/C12H21IOSi/c1-15(2,3)8-6-4-5-7-12(13)9-11(12)10-14/h11,14H,4-5,7,9-10H2,1-3H3/t11-,12-/m0/s1. The molecule has 1 aliphatic rings. The maximum absolute atomic E-state index is 9.02. The fourth-order valence-corrected chi connectivity index (χ4v) is 3.45.